The molecule has 2 atom stereocenters. The van der Waals surface area contributed by atoms with Crippen LogP contribution in [0, 0.1) is 5.82 Å². The van der Waals surface area contributed by atoms with E-state index in [2.05, 4.69) is 5.32 Å². The van der Waals surface area contributed by atoms with Crippen molar-refractivity contribution in [3.05, 3.63) is 126 Å². The van der Waals surface area contributed by atoms with Crippen LogP contribution in [0.5, 0.6) is 5.75 Å². The van der Waals surface area contributed by atoms with E-state index in [1.54, 1.807) is 54.6 Å². The average molecular weight is 632 g/mol. The summed E-state index contributed by atoms with van der Waals surface area (Å²) in [6.07, 6.45) is 0.790. The normalized spacial score (nSPS) is 12.5. The fourth-order valence-electron chi connectivity index (χ4n) is 4.82. The first-order valence-electron chi connectivity index (χ1n) is 14.7. The minimum Gasteiger partial charge on any atom is -0.497 e. The molecule has 0 saturated heterocycles. The highest BCUT2D eigenvalue weighted by molar-refractivity contribution is 7.92. The number of ether oxygens (including phenoxy) is 1. The lowest BCUT2D eigenvalue weighted by Crippen LogP contribution is -2.54. The van der Waals surface area contributed by atoms with Gasteiger partial charge in [0.15, 0.2) is 0 Å². The van der Waals surface area contributed by atoms with Crippen molar-refractivity contribution in [2.45, 2.75) is 50.2 Å². The molecule has 8 nitrogen and oxygen atoms in total. The highest BCUT2D eigenvalue weighted by Crippen LogP contribution is 2.28. The molecule has 2 amide bonds. The molecule has 0 aliphatic heterocycles. The molecular weight excluding hydrogens is 593 g/mol. The summed E-state index contributed by atoms with van der Waals surface area (Å²) in [5.41, 5.74) is 1.18. The van der Waals surface area contributed by atoms with E-state index in [-0.39, 0.29) is 35.2 Å². The predicted octanol–water partition coefficient (Wildman–Crippen LogP) is 5.58. The molecule has 10 heteroatoms. The maximum absolute atomic E-state index is 15.0. The average Bonchev–Trinajstić information content (AvgIpc) is 3.06. The number of methoxy groups -OCH3 is 1. The van der Waals surface area contributed by atoms with Crippen LogP contribution in [-0.4, -0.2) is 50.9 Å². The van der Waals surface area contributed by atoms with Gasteiger partial charge in [-0.2, -0.15) is 0 Å². The van der Waals surface area contributed by atoms with Gasteiger partial charge in [0.2, 0.25) is 11.8 Å². The molecule has 45 heavy (non-hydrogen) atoms. The molecular formula is C35H38FN3O5S. The SMILES string of the molecule is CC[C@H](C)NC(=O)[C@H](Cc1ccccc1)N(Cc1ccccc1F)C(=O)CN(c1cccc(OC)c1)S(=O)(=O)c1ccccc1. The zero-order valence-corrected chi connectivity index (χ0v) is 26.4. The zero-order chi connectivity index (χ0) is 32.4. The number of nitrogens with zero attached hydrogens (tertiary/aromatic N) is 2. The molecule has 4 rings (SSSR count). The number of halogens is 1. The second-order valence-electron chi connectivity index (χ2n) is 10.7. The molecule has 0 aliphatic rings. The third-order valence-electron chi connectivity index (χ3n) is 7.52. The van der Waals surface area contributed by atoms with Crippen LogP contribution in [0.2, 0.25) is 0 Å². The highest BCUT2D eigenvalue weighted by Gasteiger charge is 2.35. The monoisotopic (exact) mass is 631 g/mol. The third kappa shape index (κ3) is 8.48. The topological polar surface area (TPSA) is 96.0 Å². The van der Waals surface area contributed by atoms with E-state index in [0.29, 0.717) is 12.2 Å². The number of rotatable bonds is 14. The maximum atomic E-state index is 15.0. The lowest BCUT2D eigenvalue weighted by Gasteiger charge is -2.34. The Balaban J connectivity index is 1.82. The van der Waals surface area contributed by atoms with E-state index < -0.39 is 40.2 Å². The van der Waals surface area contributed by atoms with Crippen LogP contribution in [0.1, 0.15) is 31.4 Å². The highest BCUT2D eigenvalue weighted by atomic mass is 32.2. The molecule has 0 bridgehead atoms. The number of carbonyl (C=O) groups is 2. The van der Waals surface area contributed by atoms with Gasteiger partial charge in [0, 0.05) is 30.6 Å². The van der Waals surface area contributed by atoms with Crippen LogP contribution in [0.15, 0.2) is 114 Å². The van der Waals surface area contributed by atoms with Gasteiger partial charge in [-0.15, -0.1) is 0 Å². The number of sulfonamides is 1. The van der Waals surface area contributed by atoms with Crippen molar-refractivity contribution in [3.8, 4) is 5.75 Å². The first-order valence-corrected chi connectivity index (χ1v) is 16.2. The molecule has 4 aromatic rings. The summed E-state index contributed by atoms with van der Waals surface area (Å²) in [5.74, 6) is -1.25. The van der Waals surface area contributed by atoms with Gasteiger partial charge in [-0.05, 0) is 49.2 Å². The minimum absolute atomic E-state index is 0.0170. The van der Waals surface area contributed by atoms with E-state index in [9.17, 15) is 18.0 Å². The van der Waals surface area contributed by atoms with Crippen molar-refractivity contribution >= 4 is 27.5 Å². The largest absolute Gasteiger partial charge is 0.497 e. The first kappa shape index (κ1) is 33.2. The van der Waals surface area contributed by atoms with E-state index in [4.69, 9.17) is 4.74 Å². The molecule has 4 aromatic carbocycles. The van der Waals surface area contributed by atoms with Crippen molar-refractivity contribution in [1.29, 1.82) is 0 Å². The molecule has 236 valence electrons. The number of hydrogen-bond acceptors (Lipinski definition) is 5. The summed E-state index contributed by atoms with van der Waals surface area (Å²) in [7, 11) is -2.80. The van der Waals surface area contributed by atoms with Gasteiger partial charge in [-0.3, -0.25) is 13.9 Å². The van der Waals surface area contributed by atoms with Crippen LogP contribution in [0.3, 0.4) is 0 Å². The number of benzene rings is 4. The minimum atomic E-state index is -4.26. The van der Waals surface area contributed by atoms with Crippen molar-refractivity contribution < 1.29 is 27.1 Å². The van der Waals surface area contributed by atoms with Gasteiger partial charge in [0.25, 0.3) is 10.0 Å². The molecule has 0 spiro atoms. The standard InChI is InChI=1S/C35H38FN3O5S/c1-4-26(2)37-35(41)33(22-27-14-7-5-8-15-27)38(24-28-16-11-12-21-32(28)36)34(40)25-39(29-17-13-18-30(23-29)44-3)45(42,43)31-19-9-6-10-20-31/h5-21,23,26,33H,4,22,24-25H2,1-3H3,(H,37,41)/t26-,33-/m0/s1. The summed E-state index contributed by atoms with van der Waals surface area (Å²) in [6, 6.07) is 28.1. The molecule has 0 heterocycles. The van der Waals surface area contributed by atoms with Crippen LogP contribution < -0.4 is 14.4 Å². The van der Waals surface area contributed by atoms with Gasteiger partial charge in [-0.25, -0.2) is 12.8 Å². The molecule has 0 aliphatic carbocycles. The Labute approximate surface area is 264 Å². The summed E-state index contributed by atoms with van der Waals surface area (Å²) >= 11 is 0. The van der Waals surface area contributed by atoms with Crippen molar-refractivity contribution in [3.63, 3.8) is 0 Å². The number of carbonyl (C=O) groups excluding carboxylic acids is 2. The number of nitrogens with one attached hydrogen (secondary N) is 1. The summed E-state index contributed by atoms with van der Waals surface area (Å²) in [6.45, 7) is 2.88. The van der Waals surface area contributed by atoms with Gasteiger partial charge in [0.05, 0.1) is 17.7 Å². The number of hydrogen-bond donors (Lipinski definition) is 1. The Bertz CT molecular complexity index is 1690. The molecule has 1 N–H and O–H groups in total. The summed E-state index contributed by atoms with van der Waals surface area (Å²) in [4.78, 5) is 29.6. The third-order valence-corrected chi connectivity index (χ3v) is 9.31. The van der Waals surface area contributed by atoms with Crippen molar-refractivity contribution in [2.24, 2.45) is 0 Å². The van der Waals surface area contributed by atoms with Crippen molar-refractivity contribution in [1.82, 2.24) is 10.2 Å². The molecule has 0 fully saturated rings. The summed E-state index contributed by atoms with van der Waals surface area (Å²) < 4.78 is 49.5. The smallest absolute Gasteiger partial charge is 0.264 e. The fourth-order valence-corrected chi connectivity index (χ4v) is 6.25. The Morgan fingerprint density at radius 3 is 2.18 bits per heavy atom. The predicted molar refractivity (Wildman–Crippen MR) is 173 cm³/mol. The lowest BCUT2D eigenvalue weighted by molar-refractivity contribution is -0.140. The van der Waals surface area contributed by atoms with Crippen LogP contribution in [0.25, 0.3) is 0 Å². The van der Waals surface area contributed by atoms with Crippen LogP contribution in [0.4, 0.5) is 10.1 Å². The van der Waals surface area contributed by atoms with Crippen molar-refractivity contribution in [2.75, 3.05) is 18.0 Å². The Morgan fingerprint density at radius 1 is 0.889 bits per heavy atom. The Hall–Kier alpha value is -4.70. The Kier molecular flexibility index (Phi) is 11.3. The summed E-state index contributed by atoms with van der Waals surface area (Å²) in [5, 5.41) is 2.97. The number of anilines is 1. The molecule has 0 unspecified atom stereocenters. The molecule has 0 saturated carbocycles. The van der Waals surface area contributed by atoms with E-state index in [0.717, 1.165) is 9.87 Å². The van der Waals surface area contributed by atoms with Crippen LogP contribution >= 0.6 is 0 Å². The first-order chi connectivity index (χ1) is 21.6. The Morgan fingerprint density at radius 2 is 1.53 bits per heavy atom. The van der Waals surface area contributed by atoms with Gasteiger partial charge in [-0.1, -0.05) is 79.7 Å². The fraction of sp³-hybridized carbons (Fsp3) is 0.257. The molecule has 0 aromatic heterocycles. The number of amides is 2. The maximum Gasteiger partial charge on any atom is 0.264 e. The lowest BCUT2D eigenvalue weighted by atomic mass is 10.0. The van der Waals surface area contributed by atoms with Gasteiger partial charge < -0.3 is 15.0 Å². The second-order valence-corrected chi connectivity index (χ2v) is 12.5. The van der Waals surface area contributed by atoms with E-state index in [1.165, 1.54) is 36.3 Å². The quantitative estimate of drug-likeness (QED) is 0.196. The van der Waals surface area contributed by atoms with Gasteiger partial charge in [0.1, 0.15) is 24.2 Å². The van der Waals surface area contributed by atoms with Gasteiger partial charge >= 0.3 is 0 Å². The van der Waals surface area contributed by atoms with Crippen LogP contribution in [-0.2, 0) is 32.6 Å². The molecule has 0 radical (unpaired) electrons. The van der Waals surface area contributed by atoms with E-state index in [1.807, 2.05) is 44.2 Å². The zero-order valence-electron chi connectivity index (χ0n) is 25.6. The van der Waals surface area contributed by atoms with E-state index >= 15 is 4.39 Å². The second kappa shape index (κ2) is 15.3.